The first kappa shape index (κ1) is 23.9. The Balaban J connectivity index is 1.58. The summed E-state index contributed by atoms with van der Waals surface area (Å²) in [6, 6.07) is 13.5. The summed E-state index contributed by atoms with van der Waals surface area (Å²) < 4.78 is 16.7. The molecule has 0 unspecified atom stereocenters. The highest BCUT2D eigenvalue weighted by atomic mass is 16.6. The van der Waals surface area contributed by atoms with Crippen LogP contribution in [0.2, 0.25) is 0 Å². The van der Waals surface area contributed by atoms with Gasteiger partial charge in [-0.25, -0.2) is 10.2 Å². The average Bonchev–Trinajstić information content (AvgIpc) is 3.50. The number of aromatic amines is 1. The first-order chi connectivity index (χ1) is 17.5. The van der Waals surface area contributed by atoms with Crippen LogP contribution in [0.1, 0.15) is 23.0 Å². The first-order valence-corrected chi connectivity index (χ1v) is 10.6. The fourth-order valence-corrected chi connectivity index (χ4v) is 3.15. The fourth-order valence-electron chi connectivity index (χ4n) is 3.15. The molecule has 5 N–H and O–H groups in total. The van der Waals surface area contributed by atoms with E-state index in [1.807, 2.05) is 6.92 Å². The van der Waals surface area contributed by atoms with Gasteiger partial charge in [-0.15, -0.1) is 9.90 Å². The van der Waals surface area contributed by atoms with Gasteiger partial charge in [0.15, 0.2) is 12.3 Å². The van der Waals surface area contributed by atoms with Crippen molar-refractivity contribution in [3.8, 4) is 28.6 Å². The van der Waals surface area contributed by atoms with Crippen molar-refractivity contribution < 1.29 is 33.5 Å². The molecule has 4 aromatic rings. The van der Waals surface area contributed by atoms with Crippen molar-refractivity contribution >= 4 is 23.9 Å². The fraction of sp³-hybridized carbons (Fsp3) is 0.136. The van der Waals surface area contributed by atoms with Crippen molar-refractivity contribution in [2.75, 3.05) is 18.9 Å². The average molecular weight is 493 g/mol. The van der Waals surface area contributed by atoms with Crippen LogP contribution >= 0.6 is 0 Å². The highest BCUT2D eigenvalue weighted by molar-refractivity contribution is 5.97. The third-order valence-electron chi connectivity index (χ3n) is 4.67. The normalized spacial score (nSPS) is 10.9. The molecule has 0 aliphatic rings. The van der Waals surface area contributed by atoms with Crippen molar-refractivity contribution in [1.29, 1.82) is 0 Å². The van der Waals surface area contributed by atoms with Gasteiger partial charge in [-0.2, -0.15) is 9.73 Å². The Kier molecular flexibility index (Phi) is 7.14. The van der Waals surface area contributed by atoms with Crippen LogP contribution in [0, 0.1) is 0 Å². The lowest BCUT2D eigenvalue weighted by Crippen LogP contribution is -2.37. The molecule has 0 fully saturated rings. The minimum atomic E-state index is -1.07. The summed E-state index contributed by atoms with van der Waals surface area (Å²) in [5, 5.41) is 26.8. The van der Waals surface area contributed by atoms with Crippen molar-refractivity contribution in [1.82, 2.24) is 26.1 Å². The van der Waals surface area contributed by atoms with E-state index in [1.165, 1.54) is 10.9 Å². The number of hydrogen-bond acceptors (Lipinski definition) is 10. The predicted octanol–water partition coefficient (Wildman–Crippen LogP) is 0.945. The third-order valence-corrected chi connectivity index (χ3v) is 4.67. The van der Waals surface area contributed by atoms with Crippen LogP contribution in [-0.2, 0) is 4.79 Å². The molecule has 2 aromatic heterocycles. The zero-order valence-corrected chi connectivity index (χ0v) is 18.9. The molecule has 0 spiro atoms. The van der Waals surface area contributed by atoms with Crippen molar-refractivity contribution in [2.24, 2.45) is 5.10 Å². The van der Waals surface area contributed by atoms with Gasteiger partial charge in [-0.1, -0.05) is 12.1 Å². The summed E-state index contributed by atoms with van der Waals surface area (Å²) in [5.74, 6) is -0.600. The van der Waals surface area contributed by atoms with Gasteiger partial charge in [0.1, 0.15) is 16.7 Å². The Morgan fingerprint density at radius 1 is 1.19 bits per heavy atom. The molecule has 2 heterocycles. The van der Waals surface area contributed by atoms with Crippen LogP contribution in [0.5, 0.6) is 11.5 Å². The number of ether oxygens (including phenoxy) is 2. The summed E-state index contributed by atoms with van der Waals surface area (Å²) >= 11 is 0. The zero-order chi connectivity index (χ0) is 25.5. The van der Waals surface area contributed by atoms with E-state index in [-0.39, 0.29) is 17.3 Å². The van der Waals surface area contributed by atoms with Gasteiger partial charge >= 0.3 is 17.7 Å². The van der Waals surface area contributed by atoms with E-state index in [2.05, 4.69) is 31.2 Å². The Bertz CT molecular complexity index is 1400. The number of amides is 1. The number of aromatic nitrogens is 5. The molecule has 14 heteroatoms. The Morgan fingerprint density at radius 2 is 2.00 bits per heavy atom. The van der Waals surface area contributed by atoms with Crippen LogP contribution in [0.4, 0.5) is 5.82 Å². The summed E-state index contributed by atoms with van der Waals surface area (Å²) in [7, 11) is 0. The minimum absolute atomic E-state index is 0.000571. The number of carbonyl (C=O) groups is 2. The highest BCUT2D eigenvalue weighted by Gasteiger charge is 2.31. The second-order valence-corrected chi connectivity index (χ2v) is 7.13. The number of hydrazone groups is 1. The molecule has 0 saturated heterocycles. The molecular weight excluding hydrogens is 472 g/mol. The van der Waals surface area contributed by atoms with E-state index < -0.39 is 18.5 Å². The van der Waals surface area contributed by atoms with Crippen molar-refractivity contribution in [3.05, 3.63) is 59.8 Å². The second kappa shape index (κ2) is 10.8. The van der Waals surface area contributed by atoms with Crippen LogP contribution in [0.15, 0.2) is 58.3 Å². The number of carboxylic acid groups (broad SMARTS) is 1. The molecule has 0 atom stereocenters. The van der Waals surface area contributed by atoms with Crippen LogP contribution in [0.25, 0.3) is 17.1 Å². The molecule has 4 rings (SSSR count). The third kappa shape index (κ3) is 5.44. The molecule has 14 nitrogen and oxygen atoms in total. The summed E-state index contributed by atoms with van der Waals surface area (Å²) in [4.78, 5) is 23.6. The van der Waals surface area contributed by atoms with Gasteiger partial charge in [-0.3, -0.25) is 4.79 Å². The predicted molar refractivity (Wildman–Crippen MR) is 124 cm³/mol. The maximum atomic E-state index is 13.0. The molecular formula is C22H21N8O6+. The number of carboxylic acids is 1. The summed E-state index contributed by atoms with van der Waals surface area (Å²) in [6.07, 6.45) is 1.41. The van der Waals surface area contributed by atoms with Gasteiger partial charge < -0.3 is 20.3 Å². The van der Waals surface area contributed by atoms with E-state index in [0.29, 0.717) is 34.9 Å². The minimum Gasteiger partial charge on any atom is -0.494 e. The van der Waals surface area contributed by atoms with Crippen molar-refractivity contribution in [3.63, 3.8) is 0 Å². The van der Waals surface area contributed by atoms with Gasteiger partial charge in [0.2, 0.25) is 0 Å². The van der Waals surface area contributed by atoms with E-state index in [4.69, 9.17) is 24.9 Å². The smallest absolute Gasteiger partial charge is 0.377 e. The van der Waals surface area contributed by atoms with E-state index in [9.17, 15) is 9.59 Å². The lowest BCUT2D eigenvalue weighted by Gasteiger charge is -2.05. The van der Waals surface area contributed by atoms with Crippen molar-refractivity contribution in [2.45, 2.75) is 6.92 Å². The van der Waals surface area contributed by atoms with E-state index in [0.717, 1.165) is 0 Å². The molecule has 1 amide bonds. The number of nitrogens with two attached hydrogens (primary N) is 1. The van der Waals surface area contributed by atoms with Crippen LogP contribution in [0.3, 0.4) is 0 Å². The number of H-pyrrole nitrogens is 1. The number of nitrogen functional groups attached to an aromatic ring is 1. The number of rotatable bonds is 10. The number of anilines is 1. The largest absolute Gasteiger partial charge is 0.494 e. The quantitative estimate of drug-likeness (QED) is 0.140. The SMILES string of the molecule is CCOc1cccc(-c2c(C(=O)N/N=C/c3ccc(OCC(=O)O)cc3)n[nH][n+]2-c2nonc2N)c1. The number of aliphatic carboxylic acids is 1. The van der Waals surface area contributed by atoms with Gasteiger partial charge in [0, 0.05) is 5.56 Å². The highest BCUT2D eigenvalue weighted by Crippen LogP contribution is 2.25. The lowest BCUT2D eigenvalue weighted by molar-refractivity contribution is -0.652. The molecule has 36 heavy (non-hydrogen) atoms. The molecule has 0 aliphatic heterocycles. The number of nitrogens with zero attached hydrogens (tertiary/aromatic N) is 5. The first-order valence-electron chi connectivity index (χ1n) is 10.6. The number of benzene rings is 2. The molecule has 0 bridgehead atoms. The summed E-state index contributed by atoms with van der Waals surface area (Å²) in [5.41, 5.74) is 9.83. The standard InChI is InChI=1S/C22H20N8O6/c1-2-34-16-5-3-4-14(10-16)19-18(25-29-30(19)21-20(23)27-36-28-21)22(33)26-24-11-13-6-8-15(9-7-13)35-12-17(31)32/h3-11H,2,12H2,1H3,(H4,23,26,27,31,32,33)/p+1/b24-11+. The van der Waals surface area contributed by atoms with Gasteiger partial charge in [0.05, 0.1) is 12.8 Å². The number of carbonyl (C=O) groups excluding carboxylic acids is 1. The lowest BCUT2D eigenvalue weighted by atomic mass is 10.1. The topological polar surface area (TPSA) is 195 Å². The maximum absolute atomic E-state index is 13.0. The molecule has 0 radical (unpaired) electrons. The molecule has 184 valence electrons. The number of hydrogen-bond donors (Lipinski definition) is 4. The Morgan fingerprint density at radius 3 is 2.69 bits per heavy atom. The van der Waals surface area contributed by atoms with E-state index >= 15 is 0 Å². The molecule has 2 aromatic carbocycles. The number of nitrogens with one attached hydrogen (secondary N) is 2. The maximum Gasteiger partial charge on any atom is 0.377 e. The monoisotopic (exact) mass is 493 g/mol. The molecule has 0 aliphatic carbocycles. The second-order valence-electron chi connectivity index (χ2n) is 7.13. The van der Waals surface area contributed by atoms with Crippen LogP contribution < -0.4 is 25.3 Å². The van der Waals surface area contributed by atoms with Crippen LogP contribution in [-0.4, -0.2) is 57.0 Å². The molecule has 0 saturated carbocycles. The van der Waals surface area contributed by atoms with Gasteiger partial charge in [-0.05, 0) is 59.1 Å². The Hall–Kier alpha value is -5.27. The van der Waals surface area contributed by atoms with E-state index in [1.54, 1.807) is 48.5 Å². The zero-order valence-electron chi connectivity index (χ0n) is 18.9. The summed E-state index contributed by atoms with van der Waals surface area (Å²) in [6.45, 7) is 1.88. The van der Waals surface area contributed by atoms with Gasteiger partial charge in [0.25, 0.3) is 11.5 Å². The Labute approximate surface area is 203 Å².